The number of halogens is 1. The van der Waals surface area contributed by atoms with Gasteiger partial charge in [0.05, 0.1) is 16.2 Å². The van der Waals surface area contributed by atoms with Gasteiger partial charge in [0.15, 0.2) is 0 Å². The third-order valence-electron chi connectivity index (χ3n) is 5.13. The van der Waals surface area contributed by atoms with Gasteiger partial charge in [0.2, 0.25) is 0 Å². The molecule has 0 atom stereocenters. The van der Waals surface area contributed by atoms with Gasteiger partial charge in [0.25, 0.3) is 0 Å². The Morgan fingerprint density at radius 2 is 1.82 bits per heavy atom. The van der Waals surface area contributed by atoms with Crippen molar-refractivity contribution in [2.45, 2.75) is 0 Å². The third kappa shape index (κ3) is 2.91. The molecule has 1 aliphatic heterocycles. The fourth-order valence-corrected chi connectivity index (χ4v) is 4.05. The Hall–Kier alpha value is -2.96. The summed E-state index contributed by atoms with van der Waals surface area (Å²) in [4.78, 5) is 15.9. The smallest absolute Gasteiger partial charge is 0.140 e. The van der Waals surface area contributed by atoms with E-state index in [4.69, 9.17) is 17.3 Å². The van der Waals surface area contributed by atoms with Crippen LogP contribution in [0.5, 0.6) is 0 Å². The van der Waals surface area contributed by atoms with Gasteiger partial charge in [0, 0.05) is 42.5 Å². The highest BCUT2D eigenvalue weighted by Crippen LogP contribution is 2.37. The van der Waals surface area contributed by atoms with Crippen molar-refractivity contribution in [2.75, 3.05) is 36.8 Å². The van der Waals surface area contributed by atoms with Gasteiger partial charge in [-0.1, -0.05) is 35.9 Å². The number of rotatable bonds is 2. The zero-order valence-electron chi connectivity index (χ0n) is 15.2. The standard InChI is InChI=1S/C21H19ClN6/c22-17-10-16-18(25-12-26-21(16)28-7-5-24-6-8-28)11-15(17)20-14-4-2-1-3-13(14)9-19(23)27-20/h1-4,9-12,24H,5-8H2,(H2,23,27). The topological polar surface area (TPSA) is 80.0 Å². The third-order valence-corrected chi connectivity index (χ3v) is 5.45. The second kappa shape index (κ2) is 6.89. The first-order valence-corrected chi connectivity index (χ1v) is 9.64. The lowest BCUT2D eigenvalue weighted by Crippen LogP contribution is -2.44. The molecule has 0 saturated carbocycles. The van der Waals surface area contributed by atoms with E-state index in [1.807, 2.05) is 42.5 Å². The van der Waals surface area contributed by atoms with E-state index in [0.717, 1.165) is 64.9 Å². The molecule has 0 radical (unpaired) electrons. The van der Waals surface area contributed by atoms with Gasteiger partial charge >= 0.3 is 0 Å². The van der Waals surface area contributed by atoms with Gasteiger partial charge in [-0.25, -0.2) is 15.0 Å². The highest BCUT2D eigenvalue weighted by molar-refractivity contribution is 6.34. The molecule has 3 N–H and O–H groups in total. The van der Waals surface area contributed by atoms with Crippen molar-refractivity contribution in [3.63, 3.8) is 0 Å². The lowest BCUT2D eigenvalue weighted by Gasteiger charge is -2.29. The van der Waals surface area contributed by atoms with E-state index >= 15 is 0 Å². The molecule has 0 unspecified atom stereocenters. The Morgan fingerprint density at radius 3 is 2.68 bits per heavy atom. The van der Waals surface area contributed by atoms with Crippen LogP contribution in [0.4, 0.5) is 11.6 Å². The van der Waals surface area contributed by atoms with Crippen molar-refractivity contribution in [1.82, 2.24) is 20.3 Å². The fourth-order valence-electron chi connectivity index (χ4n) is 3.80. The molecule has 0 amide bonds. The van der Waals surface area contributed by atoms with Crippen LogP contribution in [-0.2, 0) is 0 Å². The molecule has 3 heterocycles. The summed E-state index contributed by atoms with van der Waals surface area (Å²) in [5.41, 5.74) is 8.49. The van der Waals surface area contributed by atoms with E-state index in [1.165, 1.54) is 0 Å². The number of hydrogen-bond acceptors (Lipinski definition) is 6. The SMILES string of the molecule is Nc1cc2ccccc2c(-c2cc3ncnc(N4CCNCC4)c3cc2Cl)n1. The van der Waals surface area contributed by atoms with Crippen LogP contribution < -0.4 is 16.0 Å². The van der Waals surface area contributed by atoms with Gasteiger partial charge in [-0.05, 0) is 23.6 Å². The molecule has 1 saturated heterocycles. The molecule has 5 rings (SSSR count). The minimum atomic E-state index is 0.467. The second-order valence-electron chi connectivity index (χ2n) is 6.90. The van der Waals surface area contributed by atoms with Crippen LogP contribution in [0, 0.1) is 0 Å². The highest BCUT2D eigenvalue weighted by Gasteiger charge is 2.18. The molecule has 2 aromatic carbocycles. The van der Waals surface area contributed by atoms with E-state index in [2.05, 4.69) is 25.2 Å². The Kier molecular flexibility index (Phi) is 4.22. The molecule has 2 aromatic heterocycles. The van der Waals surface area contributed by atoms with Gasteiger partial charge in [-0.15, -0.1) is 0 Å². The number of nitrogens with one attached hydrogen (secondary N) is 1. The second-order valence-corrected chi connectivity index (χ2v) is 7.31. The summed E-state index contributed by atoms with van der Waals surface area (Å²) in [6, 6.07) is 13.8. The Morgan fingerprint density at radius 1 is 1.00 bits per heavy atom. The summed E-state index contributed by atoms with van der Waals surface area (Å²) in [5, 5.41) is 6.97. The van der Waals surface area contributed by atoms with Gasteiger partial charge in [0.1, 0.15) is 18.0 Å². The van der Waals surface area contributed by atoms with Crippen LogP contribution in [-0.4, -0.2) is 41.1 Å². The number of fused-ring (bicyclic) bond motifs is 2. The summed E-state index contributed by atoms with van der Waals surface area (Å²) in [5.74, 6) is 1.39. The monoisotopic (exact) mass is 390 g/mol. The van der Waals surface area contributed by atoms with E-state index in [1.54, 1.807) is 6.33 Å². The number of nitrogens with zero attached hydrogens (tertiary/aromatic N) is 4. The Labute approximate surface area is 167 Å². The summed E-state index contributed by atoms with van der Waals surface area (Å²) in [6.45, 7) is 3.70. The number of aromatic nitrogens is 3. The van der Waals surface area contributed by atoms with Gasteiger partial charge in [-0.2, -0.15) is 0 Å². The van der Waals surface area contributed by atoms with Crippen molar-refractivity contribution in [3.05, 3.63) is 53.8 Å². The van der Waals surface area contributed by atoms with Crippen LogP contribution in [0.3, 0.4) is 0 Å². The average molecular weight is 391 g/mol. The molecule has 1 fully saturated rings. The maximum absolute atomic E-state index is 6.73. The maximum Gasteiger partial charge on any atom is 0.140 e. The van der Waals surface area contributed by atoms with Crippen LogP contribution in [0.25, 0.3) is 32.9 Å². The number of nitrogens with two attached hydrogens (primary N) is 1. The highest BCUT2D eigenvalue weighted by atomic mass is 35.5. The molecular formula is C21H19ClN6. The predicted molar refractivity (Wildman–Crippen MR) is 115 cm³/mol. The van der Waals surface area contributed by atoms with Crippen molar-refractivity contribution in [3.8, 4) is 11.3 Å². The first-order chi connectivity index (χ1) is 13.7. The molecule has 4 aromatic rings. The molecule has 7 heteroatoms. The molecule has 28 heavy (non-hydrogen) atoms. The summed E-state index contributed by atoms with van der Waals surface area (Å²) >= 11 is 6.73. The number of pyridine rings is 1. The van der Waals surface area contributed by atoms with E-state index in [-0.39, 0.29) is 0 Å². The number of hydrogen-bond donors (Lipinski definition) is 2. The molecule has 0 aliphatic carbocycles. The molecule has 0 spiro atoms. The number of benzene rings is 2. The molecule has 1 aliphatic rings. The van der Waals surface area contributed by atoms with Crippen LogP contribution in [0.2, 0.25) is 5.02 Å². The molecular weight excluding hydrogens is 372 g/mol. The quantitative estimate of drug-likeness (QED) is 0.545. The molecule has 0 bridgehead atoms. The first kappa shape index (κ1) is 17.2. The van der Waals surface area contributed by atoms with Crippen LogP contribution in [0.15, 0.2) is 48.8 Å². The van der Waals surface area contributed by atoms with E-state index in [0.29, 0.717) is 10.8 Å². The number of anilines is 2. The van der Waals surface area contributed by atoms with Gasteiger partial charge < -0.3 is 16.0 Å². The minimum absolute atomic E-state index is 0.467. The number of piperazine rings is 1. The zero-order chi connectivity index (χ0) is 19.1. The normalized spacial score (nSPS) is 14.7. The van der Waals surface area contributed by atoms with Gasteiger partial charge in [-0.3, -0.25) is 0 Å². The van der Waals surface area contributed by atoms with Crippen molar-refractivity contribution >= 4 is 44.9 Å². The van der Waals surface area contributed by atoms with E-state index in [9.17, 15) is 0 Å². The zero-order valence-corrected chi connectivity index (χ0v) is 15.9. The van der Waals surface area contributed by atoms with Crippen molar-refractivity contribution < 1.29 is 0 Å². The van der Waals surface area contributed by atoms with Crippen LogP contribution in [0.1, 0.15) is 0 Å². The number of nitrogen functional groups attached to an aromatic ring is 1. The predicted octanol–water partition coefficient (Wildman–Crippen LogP) is 3.49. The lowest BCUT2D eigenvalue weighted by atomic mass is 10.0. The maximum atomic E-state index is 6.73. The van der Waals surface area contributed by atoms with Crippen LogP contribution >= 0.6 is 11.6 Å². The Balaban J connectivity index is 1.71. The fraction of sp³-hybridized carbons (Fsp3) is 0.190. The summed E-state index contributed by atoms with van der Waals surface area (Å²) < 4.78 is 0. The summed E-state index contributed by atoms with van der Waals surface area (Å²) in [6.07, 6.45) is 1.61. The van der Waals surface area contributed by atoms with E-state index < -0.39 is 0 Å². The Bertz CT molecular complexity index is 1190. The molecule has 140 valence electrons. The van der Waals surface area contributed by atoms with Crippen molar-refractivity contribution in [1.29, 1.82) is 0 Å². The first-order valence-electron chi connectivity index (χ1n) is 9.26. The average Bonchev–Trinajstić information content (AvgIpc) is 2.73. The molecule has 6 nitrogen and oxygen atoms in total. The lowest BCUT2D eigenvalue weighted by molar-refractivity contribution is 0.586. The van der Waals surface area contributed by atoms with Crippen molar-refractivity contribution in [2.24, 2.45) is 0 Å². The minimum Gasteiger partial charge on any atom is -0.384 e. The largest absolute Gasteiger partial charge is 0.384 e. The summed E-state index contributed by atoms with van der Waals surface area (Å²) in [7, 11) is 0.